The van der Waals surface area contributed by atoms with Gasteiger partial charge in [-0.3, -0.25) is 0 Å². The molecule has 1 saturated carbocycles. The Morgan fingerprint density at radius 2 is 2.00 bits per heavy atom. The Morgan fingerprint density at radius 3 is 2.53 bits per heavy atom. The van der Waals surface area contributed by atoms with Crippen molar-refractivity contribution in [1.82, 2.24) is 5.32 Å². The molecule has 1 aliphatic rings. The number of rotatable bonds is 5. The standard InChI is InChI=1S/C14H21N/c1-3-9-15-14(13-10-11(13)2)12-7-5-4-6-8-12/h4-8,11,13-15H,3,9-10H2,1-2H3. The van der Waals surface area contributed by atoms with Crippen LogP contribution in [0.3, 0.4) is 0 Å². The van der Waals surface area contributed by atoms with Crippen LogP contribution in [0.25, 0.3) is 0 Å². The molecule has 1 fully saturated rings. The number of benzene rings is 1. The number of nitrogens with one attached hydrogen (secondary N) is 1. The lowest BCUT2D eigenvalue weighted by Crippen LogP contribution is -2.24. The Kier molecular flexibility index (Phi) is 3.42. The van der Waals surface area contributed by atoms with Crippen molar-refractivity contribution in [3.05, 3.63) is 35.9 Å². The lowest BCUT2D eigenvalue weighted by atomic mass is 10.0. The van der Waals surface area contributed by atoms with Crippen LogP contribution in [0.15, 0.2) is 30.3 Å². The van der Waals surface area contributed by atoms with Gasteiger partial charge in [0, 0.05) is 6.04 Å². The molecule has 0 saturated heterocycles. The fraction of sp³-hybridized carbons (Fsp3) is 0.571. The van der Waals surface area contributed by atoms with Gasteiger partial charge in [0.15, 0.2) is 0 Å². The first-order valence-electron chi connectivity index (χ1n) is 6.11. The molecular weight excluding hydrogens is 182 g/mol. The molecule has 3 atom stereocenters. The SMILES string of the molecule is CCCNC(c1ccccc1)C1CC1C. The Morgan fingerprint density at radius 1 is 1.33 bits per heavy atom. The van der Waals surface area contributed by atoms with E-state index in [-0.39, 0.29) is 0 Å². The van der Waals surface area contributed by atoms with E-state index < -0.39 is 0 Å². The van der Waals surface area contributed by atoms with Crippen molar-refractivity contribution < 1.29 is 0 Å². The zero-order valence-electron chi connectivity index (χ0n) is 9.74. The lowest BCUT2D eigenvalue weighted by molar-refractivity contribution is 0.463. The maximum Gasteiger partial charge on any atom is 0.0351 e. The monoisotopic (exact) mass is 203 g/mol. The van der Waals surface area contributed by atoms with Gasteiger partial charge in [-0.2, -0.15) is 0 Å². The van der Waals surface area contributed by atoms with Gasteiger partial charge in [0.1, 0.15) is 0 Å². The van der Waals surface area contributed by atoms with E-state index in [1.807, 2.05) is 0 Å². The Hall–Kier alpha value is -0.820. The molecule has 0 spiro atoms. The van der Waals surface area contributed by atoms with Crippen molar-refractivity contribution in [1.29, 1.82) is 0 Å². The molecule has 0 aliphatic heterocycles. The van der Waals surface area contributed by atoms with E-state index in [9.17, 15) is 0 Å². The van der Waals surface area contributed by atoms with E-state index in [2.05, 4.69) is 49.5 Å². The summed E-state index contributed by atoms with van der Waals surface area (Å²) in [5.41, 5.74) is 1.46. The van der Waals surface area contributed by atoms with Crippen LogP contribution in [0.1, 0.15) is 38.3 Å². The van der Waals surface area contributed by atoms with Crippen LogP contribution in [0, 0.1) is 11.8 Å². The van der Waals surface area contributed by atoms with Gasteiger partial charge in [-0.1, -0.05) is 44.2 Å². The summed E-state index contributed by atoms with van der Waals surface area (Å²) in [6, 6.07) is 11.5. The third-order valence-electron chi connectivity index (χ3n) is 3.37. The molecule has 0 aromatic heterocycles. The Labute approximate surface area is 92.9 Å². The summed E-state index contributed by atoms with van der Waals surface area (Å²) in [4.78, 5) is 0. The Bertz CT molecular complexity index is 293. The van der Waals surface area contributed by atoms with Gasteiger partial charge in [-0.15, -0.1) is 0 Å². The molecule has 0 radical (unpaired) electrons. The van der Waals surface area contributed by atoms with E-state index in [4.69, 9.17) is 0 Å². The predicted molar refractivity (Wildman–Crippen MR) is 64.7 cm³/mol. The number of hydrogen-bond donors (Lipinski definition) is 1. The summed E-state index contributed by atoms with van der Waals surface area (Å²) >= 11 is 0. The van der Waals surface area contributed by atoms with E-state index in [1.165, 1.54) is 18.4 Å². The quantitative estimate of drug-likeness (QED) is 0.773. The highest BCUT2D eigenvalue weighted by molar-refractivity contribution is 5.21. The van der Waals surface area contributed by atoms with Crippen molar-refractivity contribution in [3.63, 3.8) is 0 Å². The minimum atomic E-state index is 0.584. The van der Waals surface area contributed by atoms with Crippen LogP contribution in [0.4, 0.5) is 0 Å². The second-order valence-corrected chi connectivity index (χ2v) is 4.72. The third-order valence-corrected chi connectivity index (χ3v) is 3.37. The van der Waals surface area contributed by atoms with E-state index in [1.54, 1.807) is 0 Å². The summed E-state index contributed by atoms with van der Waals surface area (Å²) < 4.78 is 0. The van der Waals surface area contributed by atoms with Crippen LogP contribution in [0.5, 0.6) is 0 Å². The second-order valence-electron chi connectivity index (χ2n) is 4.72. The molecule has 82 valence electrons. The number of hydrogen-bond acceptors (Lipinski definition) is 1. The van der Waals surface area contributed by atoms with Gasteiger partial charge >= 0.3 is 0 Å². The molecule has 0 bridgehead atoms. The average molecular weight is 203 g/mol. The zero-order chi connectivity index (χ0) is 10.7. The fourth-order valence-corrected chi connectivity index (χ4v) is 2.29. The van der Waals surface area contributed by atoms with Gasteiger partial charge in [-0.05, 0) is 36.8 Å². The predicted octanol–water partition coefficient (Wildman–Crippen LogP) is 3.38. The van der Waals surface area contributed by atoms with Crippen molar-refractivity contribution in [3.8, 4) is 0 Å². The minimum Gasteiger partial charge on any atom is -0.310 e. The molecule has 1 aromatic carbocycles. The molecule has 1 N–H and O–H groups in total. The largest absolute Gasteiger partial charge is 0.310 e. The highest BCUT2D eigenvalue weighted by atomic mass is 14.9. The van der Waals surface area contributed by atoms with Gasteiger partial charge in [0.25, 0.3) is 0 Å². The molecule has 15 heavy (non-hydrogen) atoms. The average Bonchev–Trinajstić information content (AvgIpc) is 2.98. The van der Waals surface area contributed by atoms with Crippen molar-refractivity contribution in [2.75, 3.05) is 6.54 Å². The third kappa shape index (κ3) is 2.60. The second kappa shape index (κ2) is 4.80. The van der Waals surface area contributed by atoms with Gasteiger partial charge in [0.2, 0.25) is 0 Å². The molecule has 0 amide bonds. The molecule has 1 aromatic rings. The van der Waals surface area contributed by atoms with Crippen LogP contribution in [0.2, 0.25) is 0 Å². The molecule has 3 unspecified atom stereocenters. The summed E-state index contributed by atoms with van der Waals surface area (Å²) in [6.45, 7) is 5.71. The normalized spacial score (nSPS) is 26.3. The summed E-state index contributed by atoms with van der Waals surface area (Å²) in [7, 11) is 0. The van der Waals surface area contributed by atoms with E-state index in [0.29, 0.717) is 6.04 Å². The maximum atomic E-state index is 3.68. The first kappa shape index (κ1) is 10.7. The topological polar surface area (TPSA) is 12.0 Å². The first-order valence-corrected chi connectivity index (χ1v) is 6.11. The molecule has 1 nitrogen and oxygen atoms in total. The zero-order valence-corrected chi connectivity index (χ0v) is 9.74. The van der Waals surface area contributed by atoms with Crippen molar-refractivity contribution in [2.24, 2.45) is 11.8 Å². The van der Waals surface area contributed by atoms with Crippen molar-refractivity contribution in [2.45, 2.75) is 32.7 Å². The molecule has 0 heterocycles. The van der Waals surface area contributed by atoms with E-state index >= 15 is 0 Å². The van der Waals surface area contributed by atoms with Gasteiger partial charge in [-0.25, -0.2) is 0 Å². The van der Waals surface area contributed by atoms with Crippen LogP contribution in [-0.4, -0.2) is 6.54 Å². The highest BCUT2D eigenvalue weighted by Gasteiger charge is 2.39. The van der Waals surface area contributed by atoms with Crippen LogP contribution < -0.4 is 5.32 Å². The first-order chi connectivity index (χ1) is 7.33. The summed E-state index contributed by atoms with van der Waals surface area (Å²) in [5.74, 6) is 1.76. The molecular formula is C14H21N. The van der Waals surface area contributed by atoms with Crippen LogP contribution in [-0.2, 0) is 0 Å². The van der Waals surface area contributed by atoms with Gasteiger partial charge in [0.05, 0.1) is 0 Å². The molecule has 1 heteroatoms. The summed E-state index contributed by atoms with van der Waals surface area (Å²) in [5, 5.41) is 3.68. The minimum absolute atomic E-state index is 0.584. The molecule has 2 rings (SSSR count). The molecule has 1 aliphatic carbocycles. The smallest absolute Gasteiger partial charge is 0.0351 e. The van der Waals surface area contributed by atoms with E-state index in [0.717, 1.165) is 18.4 Å². The van der Waals surface area contributed by atoms with Crippen molar-refractivity contribution >= 4 is 0 Å². The highest BCUT2D eigenvalue weighted by Crippen LogP contribution is 2.46. The van der Waals surface area contributed by atoms with Gasteiger partial charge < -0.3 is 5.32 Å². The fourth-order valence-electron chi connectivity index (χ4n) is 2.29. The van der Waals surface area contributed by atoms with Crippen LogP contribution >= 0.6 is 0 Å². The maximum absolute atomic E-state index is 3.68. The lowest BCUT2D eigenvalue weighted by Gasteiger charge is -2.18. The Balaban J connectivity index is 2.05. The summed E-state index contributed by atoms with van der Waals surface area (Å²) in [6.07, 6.45) is 2.60.